The maximum Gasteiger partial charge on any atom is 0.317 e. The monoisotopic (exact) mass is 214 g/mol. The van der Waals surface area contributed by atoms with Crippen LogP contribution in [0.25, 0.3) is 0 Å². The molecule has 4 heteroatoms. The van der Waals surface area contributed by atoms with Crippen molar-refractivity contribution in [2.24, 2.45) is 5.92 Å². The molecule has 1 rings (SSSR count). The minimum atomic E-state index is 0.0162. The Morgan fingerprint density at radius 2 is 2.40 bits per heavy atom. The van der Waals surface area contributed by atoms with Crippen LogP contribution in [-0.2, 0) is 0 Å². The van der Waals surface area contributed by atoms with E-state index >= 15 is 0 Å². The van der Waals surface area contributed by atoms with Crippen LogP contribution in [0, 0.1) is 5.92 Å². The van der Waals surface area contributed by atoms with Gasteiger partial charge in [0.2, 0.25) is 0 Å². The third-order valence-electron chi connectivity index (χ3n) is 3.05. The van der Waals surface area contributed by atoms with E-state index in [4.69, 9.17) is 5.11 Å². The van der Waals surface area contributed by atoms with Gasteiger partial charge in [0.1, 0.15) is 0 Å². The van der Waals surface area contributed by atoms with Crippen LogP contribution < -0.4 is 5.32 Å². The number of rotatable bonds is 3. The summed E-state index contributed by atoms with van der Waals surface area (Å²) < 4.78 is 0. The van der Waals surface area contributed by atoms with E-state index in [-0.39, 0.29) is 24.6 Å². The summed E-state index contributed by atoms with van der Waals surface area (Å²) in [5.41, 5.74) is 0. The molecule has 0 spiro atoms. The summed E-state index contributed by atoms with van der Waals surface area (Å²) >= 11 is 0. The maximum atomic E-state index is 11.8. The fourth-order valence-electron chi connectivity index (χ4n) is 1.80. The van der Waals surface area contributed by atoms with E-state index in [1.54, 1.807) is 0 Å². The molecule has 0 saturated carbocycles. The van der Waals surface area contributed by atoms with Gasteiger partial charge in [-0.3, -0.25) is 0 Å². The van der Waals surface area contributed by atoms with Gasteiger partial charge in [0, 0.05) is 25.7 Å². The summed E-state index contributed by atoms with van der Waals surface area (Å²) in [7, 11) is 0. The number of urea groups is 1. The maximum absolute atomic E-state index is 11.8. The van der Waals surface area contributed by atoms with Crippen LogP contribution in [0.4, 0.5) is 4.79 Å². The molecule has 88 valence electrons. The van der Waals surface area contributed by atoms with E-state index in [1.807, 2.05) is 11.8 Å². The van der Waals surface area contributed by atoms with E-state index in [1.165, 1.54) is 0 Å². The predicted molar refractivity (Wildman–Crippen MR) is 59.7 cm³/mol. The van der Waals surface area contributed by atoms with E-state index in [0.29, 0.717) is 6.54 Å². The highest BCUT2D eigenvalue weighted by molar-refractivity contribution is 5.74. The third-order valence-corrected chi connectivity index (χ3v) is 3.05. The van der Waals surface area contributed by atoms with E-state index in [0.717, 1.165) is 25.8 Å². The minimum absolute atomic E-state index is 0.0162. The second-order valence-electron chi connectivity index (χ2n) is 4.40. The zero-order valence-corrected chi connectivity index (χ0v) is 9.70. The molecule has 1 saturated heterocycles. The van der Waals surface area contributed by atoms with Gasteiger partial charge < -0.3 is 15.3 Å². The standard InChI is InChI=1S/C11H22N2O2/c1-3-9(2)12-11(15)13-6-4-5-10(7-13)8-14/h9-10,14H,3-8H2,1-2H3,(H,12,15). The Bertz CT molecular complexity index is 209. The van der Waals surface area contributed by atoms with Crippen molar-refractivity contribution >= 4 is 6.03 Å². The zero-order valence-electron chi connectivity index (χ0n) is 9.70. The number of carbonyl (C=O) groups excluding carboxylic acids is 1. The molecule has 0 aromatic rings. The van der Waals surface area contributed by atoms with Gasteiger partial charge in [0.15, 0.2) is 0 Å². The van der Waals surface area contributed by atoms with Gasteiger partial charge in [-0.15, -0.1) is 0 Å². The molecule has 2 N–H and O–H groups in total. The highest BCUT2D eigenvalue weighted by Gasteiger charge is 2.23. The van der Waals surface area contributed by atoms with Gasteiger partial charge in [-0.2, -0.15) is 0 Å². The first-order valence-electron chi connectivity index (χ1n) is 5.83. The number of piperidine rings is 1. The highest BCUT2D eigenvalue weighted by atomic mass is 16.3. The topological polar surface area (TPSA) is 52.6 Å². The van der Waals surface area contributed by atoms with Crippen molar-refractivity contribution in [2.75, 3.05) is 19.7 Å². The molecule has 2 amide bonds. The van der Waals surface area contributed by atoms with Gasteiger partial charge in [-0.1, -0.05) is 6.92 Å². The average Bonchev–Trinajstić information content (AvgIpc) is 2.28. The van der Waals surface area contributed by atoms with Crippen molar-refractivity contribution in [1.82, 2.24) is 10.2 Å². The minimum Gasteiger partial charge on any atom is -0.396 e. The molecule has 15 heavy (non-hydrogen) atoms. The second kappa shape index (κ2) is 5.95. The van der Waals surface area contributed by atoms with Crippen LogP contribution in [0.5, 0.6) is 0 Å². The van der Waals surface area contributed by atoms with Crippen LogP contribution in [-0.4, -0.2) is 41.8 Å². The number of hydrogen-bond acceptors (Lipinski definition) is 2. The van der Waals surface area contributed by atoms with Crippen LogP contribution >= 0.6 is 0 Å². The lowest BCUT2D eigenvalue weighted by atomic mass is 9.99. The van der Waals surface area contributed by atoms with E-state index in [2.05, 4.69) is 12.2 Å². The second-order valence-corrected chi connectivity index (χ2v) is 4.40. The van der Waals surface area contributed by atoms with E-state index < -0.39 is 0 Å². The Morgan fingerprint density at radius 3 is 3.00 bits per heavy atom. The Labute approximate surface area is 91.6 Å². The summed E-state index contributed by atoms with van der Waals surface area (Å²) in [5, 5.41) is 12.0. The fourth-order valence-corrected chi connectivity index (χ4v) is 1.80. The van der Waals surface area contributed by atoms with Gasteiger partial charge in [-0.25, -0.2) is 4.79 Å². The largest absolute Gasteiger partial charge is 0.396 e. The lowest BCUT2D eigenvalue weighted by molar-refractivity contribution is 0.128. The quantitative estimate of drug-likeness (QED) is 0.741. The normalized spacial score (nSPS) is 23.7. The molecule has 0 radical (unpaired) electrons. The van der Waals surface area contributed by atoms with Crippen molar-refractivity contribution in [3.63, 3.8) is 0 Å². The van der Waals surface area contributed by atoms with Crippen molar-refractivity contribution in [1.29, 1.82) is 0 Å². The number of amides is 2. The predicted octanol–water partition coefficient (Wildman–Crippen LogP) is 1.20. The lowest BCUT2D eigenvalue weighted by Gasteiger charge is -2.32. The molecule has 1 fully saturated rings. The Morgan fingerprint density at radius 1 is 1.67 bits per heavy atom. The molecule has 0 aromatic carbocycles. The Balaban J connectivity index is 2.38. The third kappa shape index (κ3) is 3.70. The first-order valence-corrected chi connectivity index (χ1v) is 5.83. The SMILES string of the molecule is CCC(C)NC(=O)N1CCCC(CO)C1. The van der Waals surface area contributed by atoms with Crippen molar-refractivity contribution in [2.45, 2.75) is 39.2 Å². The summed E-state index contributed by atoms with van der Waals surface area (Å²) in [6.07, 6.45) is 2.98. The summed E-state index contributed by atoms with van der Waals surface area (Å²) in [6.45, 7) is 5.76. The van der Waals surface area contributed by atoms with Crippen molar-refractivity contribution in [3.8, 4) is 0 Å². The van der Waals surface area contributed by atoms with Gasteiger partial charge >= 0.3 is 6.03 Å². The highest BCUT2D eigenvalue weighted by Crippen LogP contribution is 2.15. The first kappa shape index (κ1) is 12.3. The number of carbonyl (C=O) groups is 1. The van der Waals surface area contributed by atoms with Gasteiger partial charge in [0.05, 0.1) is 0 Å². The molecular weight excluding hydrogens is 192 g/mol. The fraction of sp³-hybridized carbons (Fsp3) is 0.909. The molecule has 4 nitrogen and oxygen atoms in total. The molecule has 1 heterocycles. The molecule has 0 bridgehead atoms. The van der Waals surface area contributed by atoms with Crippen LogP contribution in [0.15, 0.2) is 0 Å². The summed E-state index contributed by atoms with van der Waals surface area (Å²) in [6, 6.07) is 0.245. The summed E-state index contributed by atoms with van der Waals surface area (Å²) in [5.74, 6) is 0.265. The molecule has 1 aliphatic rings. The molecule has 0 aromatic heterocycles. The number of aliphatic hydroxyl groups excluding tert-OH is 1. The molecule has 2 unspecified atom stereocenters. The smallest absolute Gasteiger partial charge is 0.317 e. The Kier molecular flexibility index (Phi) is 4.88. The number of nitrogens with one attached hydrogen (secondary N) is 1. The molecule has 2 atom stereocenters. The Hall–Kier alpha value is -0.770. The first-order chi connectivity index (χ1) is 7.17. The van der Waals surface area contributed by atoms with Gasteiger partial charge in [-0.05, 0) is 32.1 Å². The summed E-state index contributed by atoms with van der Waals surface area (Å²) in [4.78, 5) is 13.6. The number of nitrogens with zero attached hydrogens (tertiary/aromatic N) is 1. The average molecular weight is 214 g/mol. The number of likely N-dealkylation sites (tertiary alicyclic amines) is 1. The zero-order chi connectivity index (χ0) is 11.3. The van der Waals surface area contributed by atoms with Crippen LogP contribution in [0.1, 0.15) is 33.1 Å². The van der Waals surface area contributed by atoms with Crippen molar-refractivity contribution < 1.29 is 9.90 Å². The number of aliphatic hydroxyl groups is 1. The number of hydrogen-bond donors (Lipinski definition) is 2. The molecule has 0 aliphatic carbocycles. The van der Waals surface area contributed by atoms with Gasteiger partial charge in [0.25, 0.3) is 0 Å². The molecule has 1 aliphatic heterocycles. The lowest BCUT2D eigenvalue weighted by Crippen LogP contribution is -2.48. The van der Waals surface area contributed by atoms with Crippen LogP contribution in [0.3, 0.4) is 0 Å². The van der Waals surface area contributed by atoms with Crippen molar-refractivity contribution in [3.05, 3.63) is 0 Å². The molecular formula is C11H22N2O2. The van der Waals surface area contributed by atoms with E-state index in [9.17, 15) is 4.79 Å². The van der Waals surface area contributed by atoms with Crippen LogP contribution in [0.2, 0.25) is 0 Å².